The number of hydrogen-bond acceptors (Lipinski definition) is 6. The van der Waals surface area contributed by atoms with Gasteiger partial charge in [-0.2, -0.15) is 0 Å². The van der Waals surface area contributed by atoms with E-state index in [-0.39, 0.29) is 10.8 Å². The second kappa shape index (κ2) is 8.91. The fourth-order valence-corrected chi connectivity index (χ4v) is 5.87. The van der Waals surface area contributed by atoms with E-state index in [1.54, 1.807) is 59.9 Å². The lowest BCUT2D eigenvalue weighted by Crippen LogP contribution is -2.14. The number of hydrogen-bond donors (Lipinski definition) is 2. The van der Waals surface area contributed by atoms with Crippen LogP contribution in [0.3, 0.4) is 0 Å². The standard InChI is InChI=1S/C21H16BrN3O3S3/c1-13-2-8-16(9-3-13)31(27,28)25-15-6-4-14(5-7-15)20(26)24-21-23-17(12-29-21)18-10-11-19(22)30-18/h2-12,25H,1H3,(H,23,24,26). The lowest BCUT2D eigenvalue weighted by atomic mass is 10.2. The van der Waals surface area contributed by atoms with Gasteiger partial charge >= 0.3 is 0 Å². The summed E-state index contributed by atoms with van der Waals surface area (Å²) in [5.74, 6) is -0.318. The molecular weight excluding hydrogens is 518 g/mol. The molecule has 0 aliphatic heterocycles. The van der Waals surface area contributed by atoms with Gasteiger partial charge in [0.2, 0.25) is 0 Å². The molecule has 0 aliphatic carbocycles. The van der Waals surface area contributed by atoms with E-state index in [1.165, 1.54) is 11.3 Å². The predicted molar refractivity (Wildman–Crippen MR) is 130 cm³/mol. The zero-order valence-electron chi connectivity index (χ0n) is 16.1. The molecule has 2 N–H and O–H groups in total. The number of carbonyl (C=O) groups excluding carboxylic acids is 1. The molecule has 0 saturated carbocycles. The number of thiazole rings is 1. The maximum atomic E-state index is 12.5. The summed E-state index contributed by atoms with van der Waals surface area (Å²) in [6, 6.07) is 16.7. The lowest BCUT2D eigenvalue weighted by Gasteiger charge is -2.09. The van der Waals surface area contributed by atoms with Crippen molar-refractivity contribution in [1.82, 2.24) is 4.98 Å². The number of thiophene rings is 1. The van der Waals surface area contributed by atoms with Crippen LogP contribution in [0.4, 0.5) is 10.8 Å². The van der Waals surface area contributed by atoms with E-state index in [1.807, 2.05) is 24.4 Å². The summed E-state index contributed by atoms with van der Waals surface area (Å²) in [4.78, 5) is 18.2. The molecular formula is C21H16BrN3O3S3. The van der Waals surface area contributed by atoms with Crippen molar-refractivity contribution in [2.75, 3.05) is 10.0 Å². The number of anilines is 2. The van der Waals surface area contributed by atoms with Gasteiger partial charge in [-0.25, -0.2) is 13.4 Å². The van der Waals surface area contributed by atoms with Crippen molar-refractivity contribution in [2.45, 2.75) is 11.8 Å². The van der Waals surface area contributed by atoms with Gasteiger partial charge in [-0.15, -0.1) is 22.7 Å². The Balaban J connectivity index is 1.42. The zero-order chi connectivity index (χ0) is 22.0. The van der Waals surface area contributed by atoms with Crippen molar-refractivity contribution in [3.05, 3.63) is 81.0 Å². The van der Waals surface area contributed by atoms with Gasteiger partial charge in [0.1, 0.15) is 0 Å². The minimum atomic E-state index is -3.69. The maximum Gasteiger partial charge on any atom is 0.261 e. The molecule has 31 heavy (non-hydrogen) atoms. The summed E-state index contributed by atoms with van der Waals surface area (Å²) in [5, 5.41) is 5.16. The molecule has 2 aromatic heterocycles. The van der Waals surface area contributed by atoms with Crippen LogP contribution in [-0.2, 0) is 10.0 Å². The van der Waals surface area contributed by atoms with E-state index in [9.17, 15) is 13.2 Å². The first-order valence-electron chi connectivity index (χ1n) is 9.02. The van der Waals surface area contributed by atoms with Crippen molar-refractivity contribution < 1.29 is 13.2 Å². The number of rotatable bonds is 6. The van der Waals surface area contributed by atoms with Crippen LogP contribution in [0.1, 0.15) is 15.9 Å². The Kier molecular flexibility index (Phi) is 6.24. The Bertz CT molecular complexity index is 1330. The van der Waals surface area contributed by atoms with Crippen molar-refractivity contribution >= 4 is 65.4 Å². The fraction of sp³-hybridized carbons (Fsp3) is 0.0476. The highest BCUT2D eigenvalue weighted by molar-refractivity contribution is 9.11. The second-order valence-corrected chi connectivity index (χ2v) is 11.6. The van der Waals surface area contributed by atoms with Crippen LogP contribution >= 0.6 is 38.6 Å². The van der Waals surface area contributed by atoms with Crippen LogP contribution in [-0.4, -0.2) is 19.3 Å². The number of aromatic nitrogens is 1. The number of benzene rings is 2. The zero-order valence-corrected chi connectivity index (χ0v) is 20.2. The monoisotopic (exact) mass is 533 g/mol. The summed E-state index contributed by atoms with van der Waals surface area (Å²) in [7, 11) is -3.69. The Hall–Kier alpha value is -2.53. The molecule has 1 amide bonds. The number of aryl methyl sites for hydroxylation is 1. The van der Waals surface area contributed by atoms with Crippen molar-refractivity contribution in [3.8, 4) is 10.6 Å². The highest BCUT2D eigenvalue weighted by atomic mass is 79.9. The first-order valence-corrected chi connectivity index (χ1v) is 13.0. The number of sulfonamides is 1. The molecule has 4 aromatic rings. The molecule has 0 unspecified atom stereocenters. The molecule has 10 heteroatoms. The molecule has 158 valence electrons. The second-order valence-electron chi connectivity index (χ2n) is 6.59. The van der Waals surface area contributed by atoms with E-state index in [0.29, 0.717) is 16.4 Å². The third kappa shape index (κ3) is 5.21. The van der Waals surface area contributed by atoms with Gasteiger partial charge in [0, 0.05) is 16.6 Å². The average Bonchev–Trinajstić information content (AvgIpc) is 3.37. The van der Waals surface area contributed by atoms with Gasteiger partial charge in [-0.05, 0) is 71.4 Å². The van der Waals surface area contributed by atoms with Gasteiger partial charge < -0.3 is 0 Å². The molecule has 0 atom stereocenters. The highest BCUT2D eigenvalue weighted by Crippen LogP contribution is 2.33. The molecule has 6 nitrogen and oxygen atoms in total. The van der Waals surface area contributed by atoms with Crippen LogP contribution in [0, 0.1) is 6.92 Å². The first-order chi connectivity index (χ1) is 14.8. The van der Waals surface area contributed by atoms with Crippen LogP contribution in [0.15, 0.2) is 74.7 Å². The minimum Gasteiger partial charge on any atom is -0.298 e. The van der Waals surface area contributed by atoms with Crippen LogP contribution in [0.5, 0.6) is 0 Å². The lowest BCUT2D eigenvalue weighted by molar-refractivity contribution is 0.102. The van der Waals surface area contributed by atoms with Crippen molar-refractivity contribution in [3.63, 3.8) is 0 Å². The Morgan fingerprint density at radius 1 is 1.00 bits per heavy atom. The number of nitrogens with one attached hydrogen (secondary N) is 2. The summed E-state index contributed by atoms with van der Waals surface area (Å²) < 4.78 is 28.5. The summed E-state index contributed by atoms with van der Waals surface area (Å²) in [6.45, 7) is 1.89. The summed E-state index contributed by atoms with van der Waals surface area (Å²) >= 11 is 6.34. The number of nitrogens with zero attached hydrogens (tertiary/aromatic N) is 1. The largest absolute Gasteiger partial charge is 0.298 e. The maximum absolute atomic E-state index is 12.5. The number of carbonyl (C=O) groups is 1. The predicted octanol–water partition coefficient (Wildman–Crippen LogP) is 6.00. The Labute approximate surface area is 196 Å². The summed E-state index contributed by atoms with van der Waals surface area (Å²) in [5.41, 5.74) is 2.55. The van der Waals surface area contributed by atoms with Crippen molar-refractivity contribution in [1.29, 1.82) is 0 Å². The van der Waals surface area contributed by atoms with E-state index in [4.69, 9.17) is 0 Å². The average molecular weight is 534 g/mol. The molecule has 0 aliphatic rings. The molecule has 0 spiro atoms. The van der Waals surface area contributed by atoms with Gasteiger partial charge in [0.05, 0.1) is 19.3 Å². The van der Waals surface area contributed by atoms with E-state index >= 15 is 0 Å². The van der Waals surface area contributed by atoms with Gasteiger partial charge in [0.15, 0.2) is 5.13 Å². The third-order valence-corrected chi connectivity index (χ3v) is 8.08. The van der Waals surface area contributed by atoms with Crippen LogP contribution < -0.4 is 10.0 Å². The van der Waals surface area contributed by atoms with Gasteiger partial charge in [0.25, 0.3) is 15.9 Å². The molecule has 0 fully saturated rings. The molecule has 4 rings (SSSR count). The Morgan fingerprint density at radius 3 is 2.35 bits per heavy atom. The SMILES string of the molecule is Cc1ccc(S(=O)(=O)Nc2ccc(C(=O)Nc3nc(-c4ccc(Br)s4)cs3)cc2)cc1. The van der Waals surface area contributed by atoms with E-state index < -0.39 is 10.0 Å². The molecule has 0 bridgehead atoms. The molecule has 0 saturated heterocycles. The van der Waals surface area contributed by atoms with Crippen LogP contribution in [0.25, 0.3) is 10.6 Å². The number of amides is 1. The smallest absolute Gasteiger partial charge is 0.261 e. The first kappa shape index (κ1) is 21.7. The van der Waals surface area contributed by atoms with E-state index in [0.717, 1.165) is 19.9 Å². The quantitative estimate of drug-likeness (QED) is 0.318. The number of halogens is 1. The fourth-order valence-electron chi connectivity index (χ4n) is 2.69. The Morgan fingerprint density at radius 2 is 1.71 bits per heavy atom. The van der Waals surface area contributed by atoms with E-state index in [2.05, 4.69) is 31.0 Å². The summed E-state index contributed by atoms with van der Waals surface area (Å²) in [6.07, 6.45) is 0. The highest BCUT2D eigenvalue weighted by Gasteiger charge is 2.15. The third-order valence-electron chi connectivity index (χ3n) is 4.28. The van der Waals surface area contributed by atoms with Crippen molar-refractivity contribution in [2.24, 2.45) is 0 Å². The molecule has 2 aromatic carbocycles. The normalized spacial score (nSPS) is 11.3. The topological polar surface area (TPSA) is 88.2 Å². The van der Waals surface area contributed by atoms with Gasteiger partial charge in [-0.3, -0.25) is 14.8 Å². The minimum absolute atomic E-state index is 0.178. The molecule has 2 heterocycles. The van der Waals surface area contributed by atoms with Gasteiger partial charge in [-0.1, -0.05) is 17.7 Å². The van der Waals surface area contributed by atoms with Crippen LogP contribution in [0.2, 0.25) is 0 Å². The molecule has 0 radical (unpaired) electrons.